The minimum atomic E-state index is 0.0469. The molecule has 1 heterocycles. The maximum Gasteiger partial charge on any atom is 0.212 e. The molecule has 0 aliphatic rings. The minimum absolute atomic E-state index is 0.0469. The molecule has 0 unspecified atom stereocenters. The Labute approximate surface area is 98.3 Å². The molecule has 0 spiro atoms. The van der Waals surface area contributed by atoms with Gasteiger partial charge in [0, 0.05) is 6.07 Å². The maximum absolute atomic E-state index is 9.91. The molecule has 0 radical (unpaired) electrons. The van der Waals surface area contributed by atoms with Gasteiger partial charge in [-0.1, -0.05) is 17.7 Å². The summed E-state index contributed by atoms with van der Waals surface area (Å²) in [6.45, 7) is 1.99. The molecule has 2 rings (SSSR count). The molecule has 4 heteroatoms. The van der Waals surface area contributed by atoms with Gasteiger partial charge in [-0.15, -0.1) is 11.8 Å². The van der Waals surface area contributed by atoms with Gasteiger partial charge in [0.1, 0.15) is 0 Å². The molecular weight excluding hydrogens is 222 g/mol. The van der Waals surface area contributed by atoms with Crippen molar-refractivity contribution in [1.29, 1.82) is 0 Å². The number of aromatic hydroxyl groups is 2. The van der Waals surface area contributed by atoms with Gasteiger partial charge in [-0.3, -0.25) is 4.57 Å². The third kappa shape index (κ3) is 1.76. The molecule has 0 saturated carbocycles. The second-order valence-corrected chi connectivity index (χ2v) is 4.41. The lowest BCUT2D eigenvalue weighted by atomic mass is 10.2. The molecule has 84 valence electrons. The monoisotopic (exact) mass is 235 g/mol. The second-order valence-electron chi connectivity index (χ2n) is 3.57. The molecule has 2 N–H and O–H groups in total. The minimum Gasteiger partial charge on any atom is -0.494 e. The van der Waals surface area contributed by atoms with Crippen molar-refractivity contribution in [3.8, 4) is 17.4 Å². The van der Waals surface area contributed by atoms with E-state index in [-0.39, 0.29) is 11.8 Å². The van der Waals surface area contributed by atoms with E-state index in [1.165, 1.54) is 16.3 Å². The van der Waals surface area contributed by atoms with Crippen LogP contribution < -0.4 is 0 Å². The Kier molecular flexibility index (Phi) is 2.83. The summed E-state index contributed by atoms with van der Waals surface area (Å²) in [6, 6.07) is 9.15. The van der Waals surface area contributed by atoms with Crippen molar-refractivity contribution < 1.29 is 10.2 Å². The maximum atomic E-state index is 9.91. The van der Waals surface area contributed by atoms with Crippen LogP contribution in [0.25, 0.3) is 5.69 Å². The molecule has 0 aliphatic heterocycles. The number of hydrogen-bond donors (Lipinski definition) is 2. The Morgan fingerprint density at radius 3 is 2.25 bits per heavy atom. The van der Waals surface area contributed by atoms with Crippen molar-refractivity contribution in [3.05, 3.63) is 35.9 Å². The zero-order valence-corrected chi connectivity index (χ0v) is 9.95. The lowest BCUT2D eigenvalue weighted by Crippen LogP contribution is -1.92. The predicted octanol–water partition coefficient (Wildman–Crippen LogP) is 2.92. The number of benzene rings is 1. The Balaban J connectivity index is 2.55. The fourth-order valence-electron chi connectivity index (χ4n) is 1.56. The van der Waals surface area contributed by atoms with E-state index < -0.39 is 0 Å². The summed E-state index contributed by atoms with van der Waals surface area (Å²) in [5.74, 6) is 0.125. The van der Waals surface area contributed by atoms with Crippen LogP contribution in [0, 0.1) is 6.92 Å². The van der Waals surface area contributed by atoms with Crippen LogP contribution in [0.4, 0.5) is 0 Å². The van der Waals surface area contributed by atoms with Crippen LogP contribution in [0.1, 0.15) is 5.56 Å². The summed E-state index contributed by atoms with van der Waals surface area (Å²) >= 11 is 1.40. The van der Waals surface area contributed by atoms with Crippen LogP contribution in [-0.2, 0) is 0 Å². The first-order valence-electron chi connectivity index (χ1n) is 4.88. The van der Waals surface area contributed by atoms with Gasteiger partial charge in [-0.05, 0) is 25.3 Å². The Morgan fingerprint density at radius 2 is 1.75 bits per heavy atom. The summed E-state index contributed by atoms with van der Waals surface area (Å²) in [5.41, 5.74) is 1.89. The number of thioether (sulfide) groups is 1. The van der Waals surface area contributed by atoms with Gasteiger partial charge >= 0.3 is 0 Å². The van der Waals surface area contributed by atoms with Gasteiger partial charge < -0.3 is 10.2 Å². The van der Waals surface area contributed by atoms with Crippen molar-refractivity contribution in [2.45, 2.75) is 11.8 Å². The normalized spacial score (nSPS) is 10.6. The van der Waals surface area contributed by atoms with E-state index in [1.807, 2.05) is 37.4 Å². The summed E-state index contributed by atoms with van der Waals surface area (Å²) < 4.78 is 1.42. The van der Waals surface area contributed by atoms with Gasteiger partial charge in [-0.2, -0.15) is 0 Å². The molecule has 0 bridgehead atoms. The molecule has 0 atom stereocenters. The van der Waals surface area contributed by atoms with Crippen molar-refractivity contribution in [3.63, 3.8) is 0 Å². The van der Waals surface area contributed by atoms with Crippen molar-refractivity contribution in [2.24, 2.45) is 0 Å². The zero-order chi connectivity index (χ0) is 11.7. The van der Waals surface area contributed by atoms with Gasteiger partial charge in [-0.25, -0.2) is 0 Å². The highest BCUT2D eigenvalue weighted by Crippen LogP contribution is 2.36. The van der Waals surface area contributed by atoms with Crippen LogP contribution in [0.3, 0.4) is 0 Å². The van der Waals surface area contributed by atoms with E-state index >= 15 is 0 Å². The van der Waals surface area contributed by atoms with E-state index in [0.717, 1.165) is 11.3 Å². The van der Waals surface area contributed by atoms with Crippen molar-refractivity contribution in [2.75, 3.05) is 6.26 Å². The van der Waals surface area contributed by atoms with E-state index in [0.29, 0.717) is 4.90 Å². The number of nitrogens with zero attached hydrogens (tertiary/aromatic N) is 1. The first-order chi connectivity index (χ1) is 7.63. The summed E-state index contributed by atoms with van der Waals surface area (Å²) in [6.07, 6.45) is 1.86. The molecular formula is C12H13NO2S. The molecule has 16 heavy (non-hydrogen) atoms. The van der Waals surface area contributed by atoms with E-state index in [1.54, 1.807) is 6.07 Å². The fraction of sp³-hybridized carbons (Fsp3) is 0.167. The largest absolute Gasteiger partial charge is 0.494 e. The summed E-state index contributed by atoms with van der Waals surface area (Å²) in [4.78, 5) is 0.665. The van der Waals surface area contributed by atoms with Gasteiger partial charge in [0.05, 0.1) is 10.6 Å². The van der Waals surface area contributed by atoms with Gasteiger partial charge in [0.15, 0.2) is 5.88 Å². The van der Waals surface area contributed by atoms with Crippen LogP contribution in [0.5, 0.6) is 11.8 Å². The molecule has 3 nitrogen and oxygen atoms in total. The van der Waals surface area contributed by atoms with Crippen LogP contribution in [0.15, 0.2) is 35.2 Å². The smallest absolute Gasteiger partial charge is 0.212 e. The molecule has 2 aromatic rings. The second kappa shape index (κ2) is 4.14. The molecule has 0 fully saturated rings. The number of aryl methyl sites for hydroxylation is 1. The molecule has 1 aromatic heterocycles. The lowest BCUT2D eigenvalue weighted by Gasteiger charge is -2.07. The van der Waals surface area contributed by atoms with Crippen LogP contribution >= 0.6 is 11.8 Å². The third-order valence-corrected chi connectivity index (χ3v) is 3.17. The fourth-order valence-corrected chi connectivity index (χ4v) is 2.06. The topological polar surface area (TPSA) is 45.4 Å². The first kappa shape index (κ1) is 11.0. The van der Waals surface area contributed by atoms with E-state index in [4.69, 9.17) is 0 Å². The first-order valence-corrected chi connectivity index (χ1v) is 6.10. The van der Waals surface area contributed by atoms with Crippen molar-refractivity contribution >= 4 is 11.8 Å². The van der Waals surface area contributed by atoms with Crippen molar-refractivity contribution in [1.82, 2.24) is 4.57 Å². The number of aromatic nitrogens is 1. The number of rotatable bonds is 2. The Hall–Kier alpha value is -1.55. The molecule has 0 aliphatic carbocycles. The van der Waals surface area contributed by atoms with E-state index in [9.17, 15) is 10.2 Å². The third-order valence-electron chi connectivity index (χ3n) is 2.43. The van der Waals surface area contributed by atoms with Crippen LogP contribution in [-0.4, -0.2) is 21.0 Å². The highest BCUT2D eigenvalue weighted by molar-refractivity contribution is 7.98. The highest BCUT2D eigenvalue weighted by Gasteiger charge is 2.14. The number of hydrogen-bond acceptors (Lipinski definition) is 3. The average molecular weight is 235 g/mol. The lowest BCUT2D eigenvalue weighted by molar-refractivity contribution is 0.398. The quantitative estimate of drug-likeness (QED) is 0.787. The molecule has 0 amide bonds. The molecule has 0 saturated heterocycles. The highest BCUT2D eigenvalue weighted by atomic mass is 32.2. The Bertz CT molecular complexity index is 502. The predicted molar refractivity (Wildman–Crippen MR) is 65.6 cm³/mol. The summed E-state index contributed by atoms with van der Waals surface area (Å²) in [5, 5.41) is 19.7. The van der Waals surface area contributed by atoms with Gasteiger partial charge in [0.25, 0.3) is 0 Å². The van der Waals surface area contributed by atoms with E-state index in [2.05, 4.69) is 0 Å². The standard InChI is InChI=1S/C12H13NO2S/c1-8-3-5-9(6-4-8)13-11(14)7-10(16-2)12(13)15/h3-7,14-15H,1-2H3. The SMILES string of the molecule is CSc1cc(O)n(-c2ccc(C)cc2)c1O. The Morgan fingerprint density at radius 1 is 1.12 bits per heavy atom. The van der Waals surface area contributed by atoms with Gasteiger partial charge in [0.2, 0.25) is 5.88 Å². The van der Waals surface area contributed by atoms with Crippen LogP contribution in [0.2, 0.25) is 0 Å². The average Bonchev–Trinajstić information content (AvgIpc) is 2.56. The zero-order valence-electron chi connectivity index (χ0n) is 9.14. The summed E-state index contributed by atoms with van der Waals surface area (Å²) in [7, 11) is 0. The molecule has 1 aromatic carbocycles.